The van der Waals surface area contributed by atoms with Crippen LogP contribution in [0.5, 0.6) is 0 Å². The molecule has 0 spiro atoms. The minimum atomic E-state index is -0.0225. The quantitative estimate of drug-likeness (QED) is 0.654. The molecule has 0 radical (unpaired) electrons. The van der Waals surface area contributed by atoms with Crippen LogP contribution in [0.3, 0.4) is 0 Å². The first kappa shape index (κ1) is 18.2. The number of benzene rings is 1. The zero-order valence-corrected chi connectivity index (χ0v) is 15.7. The van der Waals surface area contributed by atoms with Crippen LogP contribution in [0.4, 0.5) is 0 Å². The van der Waals surface area contributed by atoms with Gasteiger partial charge in [0.05, 0.1) is 11.8 Å². The average molecular weight is 378 g/mol. The van der Waals surface area contributed by atoms with Crippen molar-refractivity contribution in [3.05, 3.63) is 65.7 Å². The Kier molecular flexibility index (Phi) is 5.38. The van der Waals surface area contributed by atoms with Crippen LogP contribution in [-0.2, 0) is 11.3 Å². The van der Waals surface area contributed by atoms with Crippen LogP contribution in [0, 0.1) is 6.92 Å². The third-order valence-corrected chi connectivity index (χ3v) is 4.87. The minimum Gasteiger partial charge on any atom is -0.376 e. The maximum absolute atomic E-state index is 13.3. The monoisotopic (exact) mass is 378 g/mol. The molecule has 1 atom stereocenters. The summed E-state index contributed by atoms with van der Waals surface area (Å²) in [6.45, 7) is 3.78. The Morgan fingerprint density at radius 2 is 2.29 bits per heavy atom. The van der Waals surface area contributed by atoms with Crippen molar-refractivity contribution >= 4 is 5.91 Å². The number of aryl methyl sites for hydroxylation is 1. The minimum absolute atomic E-state index is 0.0225. The zero-order chi connectivity index (χ0) is 19.3. The molecular formula is C20H22N6O2. The van der Waals surface area contributed by atoms with Crippen molar-refractivity contribution in [1.29, 1.82) is 0 Å². The van der Waals surface area contributed by atoms with Gasteiger partial charge in [-0.15, -0.1) is 5.10 Å². The number of carbonyl (C=O) groups is 1. The molecule has 1 fully saturated rings. The molecule has 1 saturated heterocycles. The Hall–Kier alpha value is -3.13. The second-order valence-electron chi connectivity index (χ2n) is 6.94. The van der Waals surface area contributed by atoms with Gasteiger partial charge in [0.15, 0.2) is 0 Å². The zero-order valence-electron chi connectivity index (χ0n) is 15.7. The molecule has 1 aliphatic heterocycles. The number of aromatic nitrogens is 5. The van der Waals surface area contributed by atoms with E-state index in [-0.39, 0.29) is 12.0 Å². The molecule has 1 aliphatic rings. The molecule has 8 heteroatoms. The van der Waals surface area contributed by atoms with Gasteiger partial charge in [-0.1, -0.05) is 6.07 Å². The van der Waals surface area contributed by atoms with Crippen LogP contribution in [0.2, 0.25) is 0 Å². The van der Waals surface area contributed by atoms with Gasteiger partial charge in [-0.3, -0.25) is 9.78 Å². The summed E-state index contributed by atoms with van der Waals surface area (Å²) >= 11 is 0. The lowest BCUT2D eigenvalue weighted by molar-refractivity contribution is 0.0507. The van der Waals surface area contributed by atoms with E-state index in [1.165, 1.54) is 6.33 Å². The lowest BCUT2D eigenvalue weighted by Crippen LogP contribution is -2.37. The van der Waals surface area contributed by atoms with Gasteiger partial charge in [-0.25, -0.2) is 4.68 Å². The molecule has 1 amide bonds. The summed E-state index contributed by atoms with van der Waals surface area (Å²) in [4.78, 5) is 19.3. The number of rotatable bonds is 6. The number of amides is 1. The highest BCUT2D eigenvalue weighted by molar-refractivity contribution is 5.94. The number of pyridine rings is 1. The van der Waals surface area contributed by atoms with Crippen LogP contribution in [0.1, 0.15) is 34.3 Å². The Morgan fingerprint density at radius 1 is 1.36 bits per heavy atom. The third kappa shape index (κ3) is 4.07. The third-order valence-electron chi connectivity index (χ3n) is 4.87. The van der Waals surface area contributed by atoms with Crippen molar-refractivity contribution in [2.75, 3.05) is 13.2 Å². The standard InChI is InChI=1S/C20H22N6O2/c1-15-10-17(6-7-19(15)26-14-22-23-24-26)20(27)25(13-18-5-3-9-28-18)12-16-4-2-8-21-11-16/h2,4,6-8,10-11,14,18H,3,5,9,12-13H2,1H3. The summed E-state index contributed by atoms with van der Waals surface area (Å²) in [5.74, 6) is -0.0225. The van der Waals surface area contributed by atoms with Gasteiger partial charge >= 0.3 is 0 Å². The molecule has 3 heterocycles. The number of carbonyl (C=O) groups excluding carboxylic acids is 1. The predicted molar refractivity (Wildman–Crippen MR) is 102 cm³/mol. The maximum atomic E-state index is 13.3. The topological polar surface area (TPSA) is 86.0 Å². The van der Waals surface area contributed by atoms with E-state index in [4.69, 9.17) is 4.74 Å². The molecule has 4 rings (SSSR count). The first-order valence-electron chi connectivity index (χ1n) is 9.34. The van der Waals surface area contributed by atoms with Gasteiger partial charge in [0.1, 0.15) is 6.33 Å². The fraction of sp³-hybridized carbons (Fsp3) is 0.350. The lowest BCUT2D eigenvalue weighted by Gasteiger charge is -2.26. The van der Waals surface area contributed by atoms with Gasteiger partial charge in [0.25, 0.3) is 5.91 Å². The Balaban J connectivity index is 1.57. The normalized spacial score (nSPS) is 16.2. The van der Waals surface area contributed by atoms with Crippen molar-refractivity contribution < 1.29 is 9.53 Å². The van der Waals surface area contributed by atoms with Crippen molar-refractivity contribution in [3.8, 4) is 5.69 Å². The molecule has 0 bridgehead atoms. The van der Waals surface area contributed by atoms with Gasteiger partial charge in [0, 0.05) is 37.7 Å². The van der Waals surface area contributed by atoms with E-state index in [9.17, 15) is 4.79 Å². The molecule has 0 N–H and O–H groups in total. The maximum Gasteiger partial charge on any atom is 0.254 e. The SMILES string of the molecule is Cc1cc(C(=O)N(Cc2cccnc2)CC2CCCO2)ccc1-n1cnnn1. The predicted octanol–water partition coefficient (Wildman–Crippen LogP) is 2.19. The number of ether oxygens (including phenoxy) is 1. The molecule has 144 valence electrons. The molecular weight excluding hydrogens is 356 g/mol. The molecule has 1 unspecified atom stereocenters. The van der Waals surface area contributed by atoms with E-state index >= 15 is 0 Å². The summed E-state index contributed by atoms with van der Waals surface area (Å²) in [5, 5.41) is 11.3. The van der Waals surface area contributed by atoms with Gasteiger partial charge < -0.3 is 9.64 Å². The molecule has 1 aromatic carbocycles. The van der Waals surface area contributed by atoms with Gasteiger partial charge in [-0.05, 0) is 65.6 Å². The molecule has 0 saturated carbocycles. The van der Waals surface area contributed by atoms with E-state index in [0.717, 1.165) is 36.3 Å². The molecule has 3 aromatic rings. The van der Waals surface area contributed by atoms with Crippen LogP contribution in [0.15, 0.2) is 49.1 Å². The second-order valence-corrected chi connectivity index (χ2v) is 6.94. The smallest absolute Gasteiger partial charge is 0.254 e. The van der Waals surface area contributed by atoms with E-state index < -0.39 is 0 Å². The summed E-state index contributed by atoms with van der Waals surface area (Å²) in [7, 11) is 0. The van der Waals surface area contributed by atoms with Crippen LogP contribution in [0.25, 0.3) is 5.69 Å². The summed E-state index contributed by atoms with van der Waals surface area (Å²) in [6.07, 6.45) is 7.17. The van der Waals surface area contributed by atoms with Crippen LogP contribution in [-0.4, -0.2) is 55.3 Å². The second kappa shape index (κ2) is 8.26. The van der Waals surface area contributed by atoms with Gasteiger partial charge in [0.2, 0.25) is 0 Å². The van der Waals surface area contributed by atoms with Crippen molar-refractivity contribution in [2.24, 2.45) is 0 Å². The van der Waals surface area contributed by atoms with Crippen molar-refractivity contribution in [1.82, 2.24) is 30.1 Å². The molecule has 8 nitrogen and oxygen atoms in total. The lowest BCUT2D eigenvalue weighted by atomic mass is 10.1. The molecule has 2 aromatic heterocycles. The van der Waals surface area contributed by atoms with E-state index in [1.54, 1.807) is 17.1 Å². The largest absolute Gasteiger partial charge is 0.376 e. The van der Waals surface area contributed by atoms with E-state index in [1.807, 2.05) is 42.2 Å². The highest BCUT2D eigenvalue weighted by Gasteiger charge is 2.24. The average Bonchev–Trinajstić information content (AvgIpc) is 3.42. The first-order chi connectivity index (χ1) is 13.7. The number of hydrogen-bond donors (Lipinski definition) is 0. The van der Waals surface area contributed by atoms with Crippen molar-refractivity contribution in [2.45, 2.75) is 32.4 Å². The summed E-state index contributed by atoms with van der Waals surface area (Å²) < 4.78 is 7.35. The summed E-state index contributed by atoms with van der Waals surface area (Å²) in [5.41, 5.74) is 3.41. The number of hydrogen-bond acceptors (Lipinski definition) is 6. The fourth-order valence-corrected chi connectivity index (χ4v) is 3.47. The number of tetrazole rings is 1. The molecule has 0 aliphatic carbocycles. The fourth-order valence-electron chi connectivity index (χ4n) is 3.47. The Labute approximate surface area is 163 Å². The number of nitrogens with zero attached hydrogens (tertiary/aromatic N) is 6. The van der Waals surface area contributed by atoms with Gasteiger partial charge in [-0.2, -0.15) is 0 Å². The highest BCUT2D eigenvalue weighted by atomic mass is 16.5. The Bertz CT molecular complexity index is 923. The summed E-state index contributed by atoms with van der Waals surface area (Å²) in [6, 6.07) is 9.43. The Morgan fingerprint density at radius 3 is 2.96 bits per heavy atom. The van der Waals surface area contributed by atoms with Crippen molar-refractivity contribution in [3.63, 3.8) is 0 Å². The first-order valence-corrected chi connectivity index (χ1v) is 9.34. The van der Waals surface area contributed by atoms with Crippen LogP contribution < -0.4 is 0 Å². The van der Waals surface area contributed by atoms with E-state index in [0.29, 0.717) is 18.7 Å². The van der Waals surface area contributed by atoms with Crippen LogP contribution >= 0.6 is 0 Å². The highest BCUT2D eigenvalue weighted by Crippen LogP contribution is 2.20. The molecule has 28 heavy (non-hydrogen) atoms. The van der Waals surface area contributed by atoms with E-state index in [2.05, 4.69) is 20.5 Å².